The number of unbranched alkanes of at least 4 members (excludes halogenated alkanes) is 3. The van der Waals surface area contributed by atoms with Gasteiger partial charge < -0.3 is 38.6 Å². The van der Waals surface area contributed by atoms with Crippen molar-refractivity contribution in [2.45, 2.75) is 71.8 Å². The lowest BCUT2D eigenvalue weighted by Crippen LogP contribution is -2.35. The minimum absolute atomic E-state index is 0.0677. The first kappa shape index (κ1) is 36.1. The van der Waals surface area contributed by atoms with E-state index in [-0.39, 0.29) is 12.0 Å². The van der Waals surface area contributed by atoms with Gasteiger partial charge in [0.2, 0.25) is 5.91 Å². The molecule has 0 aromatic carbocycles. The van der Waals surface area contributed by atoms with Crippen LogP contribution in [0.5, 0.6) is 0 Å². The molecule has 0 radical (unpaired) electrons. The van der Waals surface area contributed by atoms with Crippen molar-refractivity contribution in [3.63, 3.8) is 0 Å². The van der Waals surface area contributed by atoms with Gasteiger partial charge in [-0.15, -0.1) is 6.42 Å². The third kappa shape index (κ3) is 25.7. The van der Waals surface area contributed by atoms with E-state index in [2.05, 4.69) is 18.2 Å². The molecule has 0 heterocycles. The van der Waals surface area contributed by atoms with Crippen LogP contribution >= 0.6 is 0 Å². The van der Waals surface area contributed by atoms with Gasteiger partial charge in [-0.05, 0) is 40.0 Å². The van der Waals surface area contributed by atoms with Crippen molar-refractivity contribution in [1.29, 1.82) is 0 Å². The van der Waals surface area contributed by atoms with Crippen molar-refractivity contribution >= 4 is 12.0 Å². The lowest BCUT2D eigenvalue weighted by Gasteiger charge is -2.23. The number of amides is 2. The molecule has 0 aliphatic carbocycles. The van der Waals surface area contributed by atoms with E-state index in [4.69, 9.17) is 34.8 Å². The van der Waals surface area contributed by atoms with E-state index in [1.165, 1.54) is 0 Å². The fraction of sp³-hybridized carbons (Fsp3) is 0.857. The molecule has 0 rings (SSSR count). The van der Waals surface area contributed by atoms with E-state index < -0.39 is 5.60 Å². The van der Waals surface area contributed by atoms with Crippen LogP contribution in [0.15, 0.2) is 0 Å². The van der Waals surface area contributed by atoms with E-state index in [1.807, 2.05) is 25.7 Å². The average molecular weight is 545 g/mol. The maximum Gasteiger partial charge on any atom is 0.407 e. The quantitative estimate of drug-likeness (QED) is 0.138. The molecule has 0 aromatic rings. The van der Waals surface area contributed by atoms with Crippen molar-refractivity contribution in [3.8, 4) is 12.3 Å². The summed E-state index contributed by atoms with van der Waals surface area (Å²) in [5.41, 5.74) is -0.492. The summed E-state index contributed by atoms with van der Waals surface area (Å²) in [7, 11) is 0. The SMILES string of the molecule is C#CCOCCOCCOCCOCCC(=O)N(CCCCCCNC(=O)OC(C)(C)C)CCOCCC. The van der Waals surface area contributed by atoms with Gasteiger partial charge in [0.05, 0.1) is 59.3 Å². The third-order valence-corrected chi connectivity index (χ3v) is 4.99. The number of carbonyl (C=O) groups is 2. The van der Waals surface area contributed by atoms with Gasteiger partial charge in [-0.3, -0.25) is 4.79 Å². The minimum Gasteiger partial charge on any atom is -0.444 e. The standard InChI is InChI=1S/C28H52N2O8/c1-6-16-33-19-15-30(14-11-9-8-10-13-29-27(32)38-28(3,4)5)26(31)12-18-35-21-23-37-25-24-36-22-20-34-17-7-2/h2H,6,8-25H2,1,3-5H3,(H,29,32). The Bertz CT molecular complexity index is 619. The molecule has 38 heavy (non-hydrogen) atoms. The molecule has 0 fully saturated rings. The smallest absolute Gasteiger partial charge is 0.407 e. The van der Waals surface area contributed by atoms with Crippen LogP contribution in [0, 0.1) is 12.3 Å². The van der Waals surface area contributed by atoms with Crippen molar-refractivity contribution in [1.82, 2.24) is 10.2 Å². The first-order valence-electron chi connectivity index (χ1n) is 13.9. The molecular weight excluding hydrogens is 492 g/mol. The molecule has 0 bridgehead atoms. The van der Waals surface area contributed by atoms with Crippen molar-refractivity contribution in [3.05, 3.63) is 0 Å². The summed E-state index contributed by atoms with van der Waals surface area (Å²) >= 11 is 0. The van der Waals surface area contributed by atoms with Crippen LogP contribution in [-0.2, 0) is 33.2 Å². The Kier molecular flexibility index (Phi) is 24.1. The van der Waals surface area contributed by atoms with Gasteiger partial charge in [-0.1, -0.05) is 25.7 Å². The Morgan fingerprint density at radius 2 is 1.34 bits per heavy atom. The number of carbonyl (C=O) groups excluding carboxylic acids is 2. The van der Waals surface area contributed by atoms with Gasteiger partial charge in [0.15, 0.2) is 0 Å². The van der Waals surface area contributed by atoms with E-state index in [9.17, 15) is 9.59 Å². The number of alkyl carbamates (subject to hydrolysis) is 1. The molecule has 0 saturated heterocycles. The largest absolute Gasteiger partial charge is 0.444 e. The zero-order valence-corrected chi connectivity index (χ0v) is 24.2. The van der Waals surface area contributed by atoms with E-state index in [0.29, 0.717) is 92.1 Å². The first-order chi connectivity index (χ1) is 18.3. The van der Waals surface area contributed by atoms with E-state index in [1.54, 1.807) is 0 Å². The molecule has 1 N–H and O–H groups in total. The van der Waals surface area contributed by atoms with Gasteiger partial charge in [0.25, 0.3) is 0 Å². The van der Waals surface area contributed by atoms with Crippen LogP contribution in [0.3, 0.4) is 0 Å². The number of terminal acetylenes is 1. The van der Waals surface area contributed by atoms with Crippen LogP contribution in [0.4, 0.5) is 4.79 Å². The van der Waals surface area contributed by atoms with Crippen LogP contribution < -0.4 is 5.32 Å². The average Bonchev–Trinajstić information content (AvgIpc) is 2.86. The highest BCUT2D eigenvalue weighted by Gasteiger charge is 2.15. The fourth-order valence-corrected chi connectivity index (χ4v) is 3.18. The molecule has 2 amide bonds. The number of nitrogens with zero attached hydrogens (tertiary/aromatic N) is 1. The summed E-state index contributed by atoms with van der Waals surface area (Å²) in [6.07, 6.45) is 9.70. The van der Waals surface area contributed by atoms with Crippen LogP contribution in [0.1, 0.15) is 66.2 Å². The predicted molar refractivity (Wildman–Crippen MR) is 147 cm³/mol. The van der Waals surface area contributed by atoms with Gasteiger partial charge in [-0.25, -0.2) is 4.79 Å². The summed E-state index contributed by atoms with van der Waals surface area (Å²) in [6.45, 7) is 14.1. The van der Waals surface area contributed by atoms with Crippen LogP contribution in [0.25, 0.3) is 0 Å². The Morgan fingerprint density at radius 3 is 1.95 bits per heavy atom. The highest BCUT2D eigenvalue weighted by Crippen LogP contribution is 2.07. The maximum absolute atomic E-state index is 12.7. The van der Waals surface area contributed by atoms with Crippen LogP contribution in [-0.4, -0.2) is 108 Å². The van der Waals surface area contributed by atoms with Crippen molar-refractivity contribution in [2.75, 3.05) is 85.7 Å². The fourth-order valence-electron chi connectivity index (χ4n) is 3.18. The Morgan fingerprint density at radius 1 is 0.763 bits per heavy atom. The second-order valence-electron chi connectivity index (χ2n) is 9.68. The van der Waals surface area contributed by atoms with E-state index >= 15 is 0 Å². The van der Waals surface area contributed by atoms with E-state index in [0.717, 1.165) is 32.1 Å². The molecule has 10 nitrogen and oxygen atoms in total. The highest BCUT2D eigenvalue weighted by atomic mass is 16.6. The Balaban J connectivity index is 3.95. The third-order valence-electron chi connectivity index (χ3n) is 4.99. The van der Waals surface area contributed by atoms with Gasteiger partial charge >= 0.3 is 6.09 Å². The summed E-state index contributed by atoms with van der Waals surface area (Å²) in [5, 5.41) is 2.77. The maximum atomic E-state index is 12.7. The number of ether oxygens (including phenoxy) is 6. The lowest BCUT2D eigenvalue weighted by atomic mass is 10.2. The number of nitrogens with one attached hydrogen (secondary N) is 1. The predicted octanol–water partition coefficient (Wildman–Crippen LogP) is 3.42. The first-order valence-corrected chi connectivity index (χ1v) is 13.9. The molecule has 0 saturated carbocycles. The Labute approximate surface area is 230 Å². The normalized spacial score (nSPS) is 11.2. The Hall–Kier alpha value is -1.90. The molecule has 0 aliphatic rings. The van der Waals surface area contributed by atoms with Gasteiger partial charge in [-0.2, -0.15) is 0 Å². The van der Waals surface area contributed by atoms with Crippen LogP contribution in [0.2, 0.25) is 0 Å². The monoisotopic (exact) mass is 544 g/mol. The molecule has 0 spiro atoms. The van der Waals surface area contributed by atoms with Crippen molar-refractivity contribution in [2.24, 2.45) is 0 Å². The second-order valence-corrected chi connectivity index (χ2v) is 9.68. The zero-order valence-electron chi connectivity index (χ0n) is 24.2. The molecule has 0 aromatic heterocycles. The lowest BCUT2D eigenvalue weighted by molar-refractivity contribution is -0.133. The van der Waals surface area contributed by atoms with Crippen molar-refractivity contribution < 1.29 is 38.0 Å². The topological polar surface area (TPSA) is 105 Å². The van der Waals surface area contributed by atoms with Gasteiger partial charge in [0.1, 0.15) is 12.2 Å². The van der Waals surface area contributed by atoms with Gasteiger partial charge in [0, 0.05) is 26.2 Å². The summed E-state index contributed by atoms with van der Waals surface area (Å²) in [4.78, 5) is 26.3. The minimum atomic E-state index is -0.492. The summed E-state index contributed by atoms with van der Waals surface area (Å²) in [6, 6.07) is 0. The number of hydrogen-bond acceptors (Lipinski definition) is 8. The zero-order chi connectivity index (χ0) is 28.3. The molecule has 0 atom stereocenters. The number of rotatable bonds is 25. The number of hydrogen-bond donors (Lipinski definition) is 1. The molecule has 222 valence electrons. The molecule has 0 unspecified atom stereocenters. The summed E-state index contributed by atoms with van der Waals surface area (Å²) in [5.74, 6) is 2.46. The summed E-state index contributed by atoms with van der Waals surface area (Å²) < 4.78 is 32.3. The molecular formula is C28H52N2O8. The molecule has 10 heteroatoms. The second kappa shape index (κ2) is 25.4. The highest BCUT2D eigenvalue weighted by molar-refractivity contribution is 5.76. The molecule has 0 aliphatic heterocycles.